The number of nitro benzene ring substituents is 2. The van der Waals surface area contributed by atoms with Gasteiger partial charge in [-0.05, 0) is 38.3 Å². The van der Waals surface area contributed by atoms with Crippen LogP contribution in [0.25, 0.3) is 0 Å². The van der Waals surface area contributed by atoms with Gasteiger partial charge >= 0.3 is 11.9 Å². The molecule has 1 N–H and O–H groups in total. The van der Waals surface area contributed by atoms with E-state index in [0.29, 0.717) is 0 Å². The molecule has 0 saturated heterocycles. The molecule has 1 aromatic carbocycles. The molecule has 0 spiro atoms. The molecule has 0 fully saturated rings. The standard InChI is InChI=1S/C15H19N3O8S/c1-3-25-14(19)8-6-11(15(20)26-4-2)16-27-13-7-5-10(17(21)22)9-12(13)18(23)24/h5,7,9,11,16H,3-4,6,8H2,1-2H3/t11-/m0/s1. The fraction of sp³-hybridized carbons (Fsp3) is 0.467. The van der Waals surface area contributed by atoms with E-state index in [-0.39, 0.29) is 31.0 Å². The average molecular weight is 401 g/mol. The number of carbonyl (C=O) groups excluding carboxylic acids is 2. The molecular formula is C15H19N3O8S. The summed E-state index contributed by atoms with van der Waals surface area (Å²) in [6, 6.07) is 2.24. The van der Waals surface area contributed by atoms with Gasteiger partial charge in [-0.1, -0.05) is 0 Å². The van der Waals surface area contributed by atoms with Gasteiger partial charge in [0.05, 0.1) is 29.1 Å². The predicted molar refractivity (Wildman–Crippen MR) is 95.0 cm³/mol. The molecule has 0 aliphatic heterocycles. The quantitative estimate of drug-likeness (QED) is 0.253. The van der Waals surface area contributed by atoms with E-state index in [1.165, 1.54) is 6.07 Å². The van der Waals surface area contributed by atoms with Gasteiger partial charge in [0.15, 0.2) is 0 Å². The molecule has 0 aromatic heterocycles. The molecule has 0 amide bonds. The van der Waals surface area contributed by atoms with Gasteiger partial charge in [0, 0.05) is 12.5 Å². The van der Waals surface area contributed by atoms with Gasteiger partial charge in [0.1, 0.15) is 10.9 Å². The topological polar surface area (TPSA) is 151 Å². The molecule has 0 radical (unpaired) electrons. The minimum absolute atomic E-state index is 0.0484. The van der Waals surface area contributed by atoms with E-state index in [1.54, 1.807) is 13.8 Å². The van der Waals surface area contributed by atoms with Crippen molar-refractivity contribution in [2.24, 2.45) is 0 Å². The zero-order chi connectivity index (χ0) is 20.4. The van der Waals surface area contributed by atoms with Gasteiger partial charge < -0.3 is 9.47 Å². The van der Waals surface area contributed by atoms with Crippen LogP contribution in [-0.4, -0.2) is 41.0 Å². The van der Waals surface area contributed by atoms with E-state index in [1.807, 2.05) is 0 Å². The van der Waals surface area contributed by atoms with E-state index in [9.17, 15) is 29.8 Å². The molecule has 0 aliphatic rings. The van der Waals surface area contributed by atoms with Crippen LogP contribution in [0.3, 0.4) is 0 Å². The Labute approximate surface area is 158 Å². The highest BCUT2D eigenvalue weighted by atomic mass is 32.2. The van der Waals surface area contributed by atoms with Crippen molar-refractivity contribution < 1.29 is 28.9 Å². The Morgan fingerprint density at radius 3 is 2.37 bits per heavy atom. The molecule has 1 aromatic rings. The summed E-state index contributed by atoms with van der Waals surface area (Å²) in [4.78, 5) is 44.0. The molecule has 27 heavy (non-hydrogen) atoms. The number of hydrogen-bond donors (Lipinski definition) is 1. The zero-order valence-electron chi connectivity index (χ0n) is 14.7. The number of non-ortho nitro benzene ring substituents is 1. The number of nitrogens with zero attached hydrogens (tertiary/aromatic N) is 2. The smallest absolute Gasteiger partial charge is 0.324 e. The van der Waals surface area contributed by atoms with E-state index in [0.717, 1.165) is 24.1 Å². The summed E-state index contributed by atoms with van der Waals surface area (Å²) in [6.07, 6.45) is 0.0126. The number of esters is 2. The van der Waals surface area contributed by atoms with Crippen molar-refractivity contribution in [2.45, 2.75) is 37.6 Å². The Morgan fingerprint density at radius 1 is 1.15 bits per heavy atom. The first kappa shape index (κ1) is 22.3. The van der Waals surface area contributed by atoms with Crippen molar-refractivity contribution in [1.29, 1.82) is 0 Å². The Bertz CT molecular complexity index is 712. The highest BCUT2D eigenvalue weighted by Gasteiger charge is 2.25. The van der Waals surface area contributed by atoms with Gasteiger partial charge in [-0.2, -0.15) is 0 Å². The van der Waals surface area contributed by atoms with E-state index >= 15 is 0 Å². The lowest BCUT2D eigenvalue weighted by atomic mass is 10.2. The Hall–Kier alpha value is -2.73. The van der Waals surface area contributed by atoms with Crippen LogP contribution in [0.4, 0.5) is 11.4 Å². The van der Waals surface area contributed by atoms with Gasteiger partial charge in [0.2, 0.25) is 0 Å². The minimum atomic E-state index is -0.922. The summed E-state index contributed by atoms with van der Waals surface area (Å²) in [7, 11) is 0. The van der Waals surface area contributed by atoms with Crippen molar-refractivity contribution in [3.8, 4) is 0 Å². The lowest BCUT2D eigenvalue weighted by Crippen LogP contribution is -2.34. The van der Waals surface area contributed by atoms with Crippen molar-refractivity contribution in [1.82, 2.24) is 4.72 Å². The van der Waals surface area contributed by atoms with Crippen LogP contribution in [0.2, 0.25) is 0 Å². The SMILES string of the molecule is CCOC(=O)CC[C@H](NSc1ccc([N+](=O)[O-])cc1[N+](=O)[O-])C(=O)OCC. The highest BCUT2D eigenvalue weighted by Crippen LogP contribution is 2.31. The van der Waals surface area contributed by atoms with Crippen LogP contribution in [0.1, 0.15) is 26.7 Å². The summed E-state index contributed by atoms with van der Waals surface area (Å²) in [6.45, 7) is 3.61. The van der Waals surface area contributed by atoms with Crippen LogP contribution < -0.4 is 4.72 Å². The van der Waals surface area contributed by atoms with E-state index in [4.69, 9.17) is 9.47 Å². The van der Waals surface area contributed by atoms with Crippen LogP contribution in [-0.2, 0) is 19.1 Å². The molecule has 148 valence electrons. The predicted octanol–water partition coefficient (Wildman–Crippen LogP) is 2.37. The van der Waals surface area contributed by atoms with E-state index < -0.39 is 39.2 Å². The number of carbonyl (C=O) groups is 2. The molecule has 0 bridgehead atoms. The summed E-state index contributed by atoms with van der Waals surface area (Å²) in [5.74, 6) is -1.11. The maximum Gasteiger partial charge on any atom is 0.324 e. The summed E-state index contributed by atoms with van der Waals surface area (Å²) >= 11 is 0.756. The van der Waals surface area contributed by atoms with Gasteiger partial charge in [-0.25, -0.2) is 4.72 Å². The fourth-order valence-corrected chi connectivity index (χ4v) is 2.80. The third kappa shape index (κ3) is 7.19. The third-order valence-electron chi connectivity index (χ3n) is 3.17. The lowest BCUT2D eigenvalue weighted by Gasteiger charge is -2.16. The highest BCUT2D eigenvalue weighted by molar-refractivity contribution is 7.97. The first-order valence-electron chi connectivity index (χ1n) is 7.97. The number of nitrogens with one attached hydrogen (secondary N) is 1. The second kappa shape index (κ2) is 11.1. The first-order chi connectivity index (χ1) is 12.8. The van der Waals surface area contributed by atoms with Crippen LogP contribution in [0.15, 0.2) is 23.1 Å². The Kier molecular flexibility index (Phi) is 9.16. The molecular weight excluding hydrogens is 382 g/mol. The van der Waals surface area contributed by atoms with Crippen LogP contribution >= 0.6 is 11.9 Å². The molecule has 12 heteroatoms. The fourth-order valence-electron chi connectivity index (χ4n) is 1.95. The van der Waals surface area contributed by atoms with Crippen LogP contribution in [0.5, 0.6) is 0 Å². The lowest BCUT2D eigenvalue weighted by molar-refractivity contribution is -0.396. The summed E-state index contributed by atoms with van der Waals surface area (Å²) < 4.78 is 12.4. The Balaban J connectivity index is 2.89. The normalized spacial score (nSPS) is 11.5. The van der Waals surface area contributed by atoms with Crippen molar-refractivity contribution in [3.05, 3.63) is 38.4 Å². The molecule has 0 aliphatic carbocycles. The van der Waals surface area contributed by atoms with Gasteiger partial charge in [-0.15, -0.1) is 0 Å². The molecule has 1 rings (SSSR count). The van der Waals surface area contributed by atoms with E-state index in [2.05, 4.69) is 4.72 Å². The largest absolute Gasteiger partial charge is 0.466 e. The second-order valence-electron chi connectivity index (χ2n) is 5.03. The molecule has 0 saturated carbocycles. The minimum Gasteiger partial charge on any atom is -0.466 e. The zero-order valence-corrected chi connectivity index (χ0v) is 15.5. The number of ether oxygens (including phenoxy) is 2. The Morgan fingerprint density at radius 2 is 1.81 bits per heavy atom. The number of hydrogen-bond acceptors (Lipinski definition) is 10. The monoisotopic (exact) mass is 401 g/mol. The van der Waals surface area contributed by atoms with Crippen molar-refractivity contribution >= 4 is 35.3 Å². The second-order valence-corrected chi connectivity index (χ2v) is 5.91. The van der Waals surface area contributed by atoms with Gasteiger partial charge in [0.25, 0.3) is 11.4 Å². The van der Waals surface area contributed by atoms with Crippen LogP contribution in [0, 0.1) is 20.2 Å². The average Bonchev–Trinajstić information content (AvgIpc) is 2.61. The maximum absolute atomic E-state index is 12.0. The molecule has 0 unspecified atom stereocenters. The summed E-state index contributed by atoms with van der Waals surface area (Å²) in [5, 5.41) is 21.9. The number of rotatable bonds is 11. The summed E-state index contributed by atoms with van der Waals surface area (Å²) in [5.41, 5.74) is -0.898. The van der Waals surface area contributed by atoms with Gasteiger partial charge in [-0.3, -0.25) is 29.8 Å². The molecule has 0 heterocycles. The number of benzene rings is 1. The van der Waals surface area contributed by atoms with Crippen molar-refractivity contribution in [2.75, 3.05) is 13.2 Å². The first-order valence-corrected chi connectivity index (χ1v) is 8.79. The third-order valence-corrected chi connectivity index (χ3v) is 4.14. The van der Waals surface area contributed by atoms with Crippen molar-refractivity contribution in [3.63, 3.8) is 0 Å². The number of nitro groups is 2. The maximum atomic E-state index is 12.0. The molecule has 1 atom stereocenters. The molecule has 11 nitrogen and oxygen atoms in total.